The second-order valence-electron chi connectivity index (χ2n) is 5.45. The van der Waals surface area contributed by atoms with Crippen LogP contribution in [0.4, 0.5) is 15.2 Å². The Labute approximate surface area is 147 Å². The molecule has 1 fully saturated rings. The van der Waals surface area contributed by atoms with Crippen molar-refractivity contribution in [3.63, 3.8) is 0 Å². The third-order valence-corrected chi connectivity index (χ3v) is 5.08. The summed E-state index contributed by atoms with van der Waals surface area (Å²) in [5, 5.41) is 5.22. The molecule has 1 aromatic heterocycles. The molecule has 1 aliphatic rings. The molecule has 3 rings (SSSR count). The first kappa shape index (κ1) is 16.9. The van der Waals surface area contributed by atoms with E-state index in [4.69, 9.17) is 0 Å². The van der Waals surface area contributed by atoms with Crippen molar-refractivity contribution < 1.29 is 14.0 Å². The average molecular weight is 365 g/mol. The summed E-state index contributed by atoms with van der Waals surface area (Å²) in [4.78, 5) is 30.3. The Morgan fingerprint density at radius 3 is 3.12 bits per heavy atom. The van der Waals surface area contributed by atoms with E-state index in [0.29, 0.717) is 10.8 Å². The molecule has 8 heteroatoms. The van der Waals surface area contributed by atoms with Crippen LogP contribution in [0.2, 0.25) is 0 Å². The average Bonchev–Trinajstić information content (AvgIpc) is 3.14. The lowest BCUT2D eigenvalue weighted by atomic mass is 10.1. The van der Waals surface area contributed by atoms with E-state index in [1.165, 1.54) is 28.4 Å². The number of rotatable bonds is 5. The first-order chi connectivity index (χ1) is 11.6. The minimum atomic E-state index is -0.464. The summed E-state index contributed by atoms with van der Waals surface area (Å²) >= 11 is 3.03. The number of anilines is 2. The van der Waals surface area contributed by atoms with E-state index in [1.807, 2.05) is 11.6 Å². The Balaban J connectivity index is 1.65. The fourth-order valence-corrected chi connectivity index (χ4v) is 3.83. The highest BCUT2D eigenvalue weighted by molar-refractivity contribution is 7.97. The summed E-state index contributed by atoms with van der Waals surface area (Å²) in [5.74, 6) is -0.483. The molecular weight excluding hydrogens is 349 g/mol. The van der Waals surface area contributed by atoms with Crippen LogP contribution in [-0.2, 0) is 15.3 Å². The summed E-state index contributed by atoms with van der Waals surface area (Å²) in [5.41, 5.74) is 1.40. The predicted molar refractivity (Wildman–Crippen MR) is 94.8 cm³/mol. The fourth-order valence-electron chi connectivity index (χ4n) is 2.56. The number of thiazole rings is 1. The lowest BCUT2D eigenvalue weighted by molar-refractivity contribution is -0.122. The Bertz CT molecular complexity index is 765. The largest absolute Gasteiger partial charge is 0.311 e. The number of halogens is 1. The molecule has 1 atom stereocenters. The third kappa shape index (κ3) is 3.76. The van der Waals surface area contributed by atoms with E-state index >= 15 is 0 Å². The zero-order valence-corrected chi connectivity index (χ0v) is 14.6. The number of aromatic nitrogens is 1. The first-order valence-electron chi connectivity index (χ1n) is 7.37. The summed E-state index contributed by atoms with van der Waals surface area (Å²) in [7, 11) is 0. The molecule has 1 saturated heterocycles. The van der Waals surface area contributed by atoms with Crippen LogP contribution in [-0.4, -0.2) is 29.6 Å². The standard InChI is InChI=1S/C16H16FN3O2S2/c1-23-8-12-9-24-16(18-12)19-15(22)10-5-14(21)20(7-10)13-4-2-3-11(17)6-13/h2-4,6,9-10H,5,7-8H2,1H3,(H,18,19,22). The number of nitrogens with one attached hydrogen (secondary N) is 1. The number of hydrogen-bond acceptors (Lipinski definition) is 5. The highest BCUT2D eigenvalue weighted by Gasteiger charge is 2.35. The predicted octanol–water partition coefficient (Wildman–Crippen LogP) is 3.14. The molecule has 0 spiro atoms. The molecule has 2 heterocycles. The molecule has 0 radical (unpaired) electrons. The minimum Gasteiger partial charge on any atom is -0.311 e. The highest BCUT2D eigenvalue weighted by atomic mass is 32.2. The quantitative estimate of drug-likeness (QED) is 0.884. The van der Waals surface area contributed by atoms with Gasteiger partial charge in [-0.05, 0) is 24.5 Å². The zero-order chi connectivity index (χ0) is 17.1. The minimum absolute atomic E-state index is 0.116. The van der Waals surface area contributed by atoms with Gasteiger partial charge < -0.3 is 10.2 Å². The van der Waals surface area contributed by atoms with Gasteiger partial charge in [0, 0.05) is 29.8 Å². The second kappa shape index (κ2) is 7.31. The number of carbonyl (C=O) groups excluding carboxylic acids is 2. The molecular formula is C16H16FN3O2S2. The molecule has 1 aliphatic heterocycles. The van der Waals surface area contributed by atoms with Crippen molar-refractivity contribution in [2.45, 2.75) is 12.2 Å². The van der Waals surface area contributed by atoms with Gasteiger partial charge >= 0.3 is 0 Å². The summed E-state index contributed by atoms with van der Waals surface area (Å²) in [6.07, 6.45) is 2.11. The number of nitrogens with zero attached hydrogens (tertiary/aromatic N) is 2. The molecule has 126 valence electrons. The zero-order valence-electron chi connectivity index (χ0n) is 13.0. The van der Waals surface area contributed by atoms with E-state index in [9.17, 15) is 14.0 Å². The van der Waals surface area contributed by atoms with Gasteiger partial charge in [0.05, 0.1) is 11.6 Å². The second-order valence-corrected chi connectivity index (χ2v) is 7.18. The van der Waals surface area contributed by atoms with Crippen LogP contribution in [0.1, 0.15) is 12.1 Å². The topological polar surface area (TPSA) is 62.3 Å². The van der Waals surface area contributed by atoms with Crippen molar-refractivity contribution in [2.75, 3.05) is 23.0 Å². The molecule has 1 aromatic carbocycles. The number of carbonyl (C=O) groups is 2. The van der Waals surface area contributed by atoms with E-state index in [1.54, 1.807) is 23.9 Å². The molecule has 0 aliphatic carbocycles. The van der Waals surface area contributed by atoms with Crippen LogP contribution in [0.15, 0.2) is 29.6 Å². The Morgan fingerprint density at radius 2 is 2.38 bits per heavy atom. The highest BCUT2D eigenvalue weighted by Crippen LogP contribution is 2.27. The van der Waals surface area contributed by atoms with Gasteiger partial charge in [-0.25, -0.2) is 9.37 Å². The SMILES string of the molecule is CSCc1csc(NC(=O)C2CC(=O)N(c3cccc(F)c3)C2)n1. The third-order valence-electron chi connectivity index (χ3n) is 3.69. The van der Waals surface area contributed by atoms with Crippen molar-refractivity contribution in [3.05, 3.63) is 41.2 Å². The maximum atomic E-state index is 13.3. The van der Waals surface area contributed by atoms with Gasteiger partial charge in [-0.1, -0.05) is 6.07 Å². The van der Waals surface area contributed by atoms with Crippen LogP contribution in [0.25, 0.3) is 0 Å². The van der Waals surface area contributed by atoms with E-state index < -0.39 is 11.7 Å². The molecule has 0 bridgehead atoms. The van der Waals surface area contributed by atoms with Crippen LogP contribution in [0.3, 0.4) is 0 Å². The van der Waals surface area contributed by atoms with Crippen molar-refractivity contribution in [1.29, 1.82) is 0 Å². The monoisotopic (exact) mass is 365 g/mol. The van der Waals surface area contributed by atoms with Crippen LogP contribution in [0.5, 0.6) is 0 Å². The fraction of sp³-hybridized carbons (Fsp3) is 0.312. The number of amides is 2. The van der Waals surface area contributed by atoms with Crippen LogP contribution < -0.4 is 10.2 Å². The number of benzene rings is 1. The molecule has 2 amide bonds. The summed E-state index contributed by atoms with van der Waals surface area (Å²) in [6.45, 7) is 0.247. The lowest BCUT2D eigenvalue weighted by Gasteiger charge is -2.16. The Morgan fingerprint density at radius 1 is 1.54 bits per heavy atom. The van der Waals surface area contributed by atoms with Crippen molar-refractivity contribution in [3.8, 4) is 0 Å². The van der Waals surface area contributed by atoms with Gasteiger partial charge in [0.2, 0.25) is 11.8 Å². The smallest absolute Gasteiger partial charge is 0.231 e. The normalized spacial score (nSPS) is 17.3. The van der Waals surface area contributed by atoms with Crippen molar-refractivity contribution >= 4 is 45.7 Å². The van der Waals surface area contributed by atoms with Gasteiger partial charge in [0.25, 0.3) is 0 Å². The molecule has 2 aromatic rings. The van der Waals surface area contributed by atoms with Crippen molar-refractivity contribution in [1.82, 2.24) is 4.98 Å². The first-order valence-corrected chi connectivity index (χ1v) is 9.64. The Hall–Kier alpha value is -1.93. The maximum Gasteiger partial charge on any atom is 0.231 e. The molecule has 0 saturated carbocycles. The van der Waals surface area contributed by atoms with Gasteiger partial charge in [0.1, 0.15) is 5.82 Å². The number of thioether (sulfide) groups is 1. The maximum absolute atomic E-state index is 13.3. The summed E-state index contributed by atoms with van der Waals surface area (Å²) in [6, 6.07) is 5.83. The van der Waals surface area contributed by atoms with E-state index in [0.717, 1.165) is 11.4 Å². The van der Waals surface area contributed by atoms with Gasteiger partial charge in [-0.2, -0.15) is 11.8 Å². The number of hydrogen-bond donors (Lipinski definition) is 1. The molecule has 24 heavy (non-hydrogen) atoms. The van der Waals surface area contributed by atoms with Crippen LogP contribution >= 0.6 is 23.1 Å². The van der Waals surface area contributed by atoms with E-state index in [-0.39, 0.29) is 24.8 Å². The van der Waals surface area contributed by atoms with Crippen LogP contribution in [0, 0.1) is 11.7 Å². The lowest BCUT2D eigenvalue weighted by Crippen LogP contribution is -2.28. The summed E-state index contributed by atoms with van der Waals surface area (Å²) < 4.78 is 13.3. The molecule has 1 N–H and O–H groups in total. The van der Waals surface area contributed by atoms with Gasteiger partial charge in [0.15, 0.2) is 5.13 Å². The Kier molecular flexibility index (Phi) is 5.15. The van der Waals surface area contributed by atoms with Crippen molar-refractivity contribution in [2.24, 2.45) is 5.92 Å². The van der Waals surface area contributed by atoms with Gasteiger partial charge in [-0.15, -0.1) is 11.3 Å². The molecule has 5 nitrogen and oxygen atoms in total. The van der Waals surface area contributed by atoms with Gasteiger partial charge in [-0.3, -0.25) is 9.59 Å². The van der Waals surface area contributed by atoms with E-state index in [2.05, 4.69) is 10.3 Å². The molecule has 1 unspecified atom stereocenters.